The van der Waals surface area contributed by atoms with Gasteiger partial charge in [-0.3, -0.25) is 14.5 Å². The molecule has 152 valence electrons. The summed E-state index contributed by atoms with van der Waals surface area (Å²) in [4.78, 5) is 32.9. The third kappa shape index (κ3) is 3.77. The Labute approximate surface area is 172 Å². The molecule has 29 heavy (non-hydrogen) atoms. The molecule has 2 aliphatic heterocycles. The van der Waals surface area contributed by atoms with Gasteiger partial charge in [-0.1, -0.05) is 23.7 Å². The van der Waals surface area contributed by atoms with Crippen molar-refractivity contribution in [1.82, 2.24) is 9.88 Å². The van der Waals surface area contributed by atoms with Crippen molar-refractivity contribution in [3.05, 3.63) is 52.9 Å². The Balaban J connectivity index is 1.64. The van der Waals surface area contributed by atoms with E-state index in [2.05, 4.69) is 4.98 Å². The van der Waals surface area contributed by atoms with Crippen molar-refractivity contribution in [2.45, 2.75) is 12.6 Å². The Hall–Kier alpha value is -2.71. The number of hydrogen-bond donors (Lipinski definition) is 0. The van der Waals surface area contributed by atoms with E-state index in [9.17, 15) is 14.0 Å². The summed E-state index contributed by atoms with van der Waals surface area (Å²) in [5.74, 6) is -1.48. The second-order valence-corrected chi connectivity index (χ2v) is 7.43. The Bertz CT molecular complexity index is 936. The van der Waals surface area contributed by atoms with Crippen LogP contribution in [0.3, 0.4) is 0 Å². The maximum absolute atomic E-state index is 14.5. The van der Waals surface area contributed by atoms with E-state index in [4.69, 9.17) is 21.1 Å². The predicted octanol–water partition coefficient (Wildman–Crippen LogP) is 2.27. The van der Waals surface area contributed by atoms with Gasteiger partial charge in [-0.25, -0.2) is 9.37 Å². The number of benzene rings is 1. The van der Waals surface area contributed by atoms with Gasteiger partial charge in [-0.05, 0) is 17.7 Å². The highest BCUT2D eigenvalue weighted by Crippen LogP contribution is 2.30. The summed E-state index contributed by atoms with van der Waals surface area (Å²) in [6.07, 6.45) is 1.32. The number of pyridine rings is 1. The lowest BCUT2D eigenvalue weighted by molar-refractivity contribution is -0.155. The first kappa shape index (κ1) is 19.6. The fourth-order valence-corrected chi connectivity index (χ4v) is 3.65. The number of piperazine rings is 1. The van der Waals surface area contributed by atoms with Gasteiger partial charge in [0.1, 0.15) is 18.3 Å². The Kier molecular flexibility index (Phi) is 5.38. The van der Waals surface area contributed by atoms with Crippen molar-refractivity contribution in [1.29, 1.82) is 0 Å². The fourth-order valence-electron chi connectivity index (χ4n) is 3.52. The average Bonchev–Trinajstić information content (AvgIpc) is 2.67. The van der Waals surface area contributed by atoms with Crippen molar-refractivity contribution < 1.29 is 23.5 Å². The Morgan fingerprint density at radius 1 is 1.28 bits per heavy atom. The molecular weight excluding hydrogens is 401 g/mol. The van der Waals surface area contributed by atoms with Gasteiger partial charge in [-0.15, -0.1) is 0 Å². The third-order valence-electron chi connectivity index (χ3n) is 5.13. The largest absolute Gasteiger partial charge is 0.495 e. The SMILES string of the molecule is COc1cnc(N2CC(=O)N(Cc3ccc(Cl)cc3)[C@@H](C3COC3)C2=O)c(F)c1. The van der Waals surface area contributed by atoms with Gasteiger partial charge in [0.15, 0.2) is 11.6 Å². The summed E-state index contributed by atoms with van der Waals surface area (Å²) < 4.78 is 24.7. The predicted molar refractivity (Wildman–Crippen MR) is 103 cm³/mol. The Morgan fingerprint density at radius 3 is 2.59 bits per heavy atom. The zero-order valence-corrected chi connectivity index (χ0v) is 16.4. The van der Waals surface area contributed by atoms with Crippen LogP contribution in [0.4, 0.5) is 10.2 Å². The van der Waals surface area contributed by atoms with Crippen molar-refractivity contribution in [2.75, 3.05) is 31.8 Å². The number of anilines is 1. The second-order valence-electron chi connectivity index (χ2n) is 7.00. The molecule has 0 N–H and O–H groups in total. The lowest BCUT2D eigenvalue weighted by Gasteiger charge is -2.45. The van der Waals surface area contributed by atoms with Crippen LogP contribution in [0, 0.1) is 11.7 Å². The quantitative estimate of drug-likeness (QED) is 0.743. The molecule has 0 spiro atoms. The molecule has 0 unspecified atom stereocenters. The zero-order valence-electron chi connectivity index (χ0n) is 15.7. The third-order valence-corrected chi connectivity index (χ3v) is 5.39. The van der Waals surface area contributed by atoms with Crippen LogP contribution in [0.15, 0.2) is 36.5 Å². The van der Waals surface area contributed by atoms with Crippen molar-refractivity contribution >= 4 is 29.2 Å². The topological polar surface area (TPSA) is 72.0 Å². The van der Waals surface area contributed by atoms with E-state index in [0.717, 1.165) is 16.5 Å². The highest BCUT2D eigenvalue weighted by Gasteiger charge is 2.47. The first-order valence-electron chi connectivity index (χ1n) is 9.10. The van der Waals surface area contributed by atoms with Crippen LogP contribution in [0.2, 0.25) is 5.02 Å². The number of rotatable bonds is 5. The van der Waals surface area contributed by atoms with Gasteiger partial charge in [0.25, 0.3) is 5.91 Å². The van der Waals surface area contributed by atoms with Gasteiger partial charge in [0.05, 0.1) is 26.5 Å². The first-order chi connectivity index (χ1) is 14.0. The molecule has 2 amide bonds. The fraction of sp³-hybridized carbons (Fsp3) is 0.350. The number of amides is 2. The molecule has 0 radical (unpaired) electrons. The summed E-state index contributed by atoms with van der Waals surface area (Å²) in [6.45, 7) is 0.711. The number of methoxy groups -OCH3 is 1. The molecule has 0 aliphatic carbocycles. The lowest BCUT2D eigenvalue weighted by atomic mass is 9.92. The molecule has 2 aromatic rings. The second kappa shape index (κ2) is 7.96. The van der Waals surface area contributed by atoms with Crippen LogP contribution in [-0.4, -0.2) is 54.6 Å². The van der Waals surface area contributed by atoms with Crippen LogP contribution < -0.4 is 9.64 Å². The van der Waals surface area contributed by atoms with E-state index < -0.39 is 11.9 Å². The number of aromatic nitrogens is 1. The smallest absolute Gasteiger partial charge is 0.251 e. The molecule has 3 heterocycles. The van der Waals surface area contributed by atoms with Crippen molar-refractivity contribution in [3.63, 3.8) is 0 Å². The molecule has 2 fully saturated rings. The molecule has 4 rings (SSSR count). The van der Waals surface area contributed by atoms with E-state index in [-0.39, 0.29) is 42.4 Å². The molecule has 1 aromatic carbocycles. The van der Waals surface area contributed by atoms with E-state index in [1.54, 1.807) is 12.1 Å². The number of carbonyl (C=O) groups is 2. The molecule has 7 nitrogen and oxygen atoms in total. The van der Waals surface area contributed by atoms with E-state index in [1.165, 1.54) is 18.2 Å². The minimum Gasteiger partial charge on any atom is -0.495 e. The number of hydrogen-bond acceptors (Lipinski definition) is 5. The molecule has 0 saturated carbocycles. The Morgan fingerprint density at radius 2 is 2.00 bits per heavy atom. The van der Waals surface area contributed by atoms with E-state index >= 15 is 0 Å². The summed E-state index contributed by atoms with van der Waals surface area (Å²) in [7, 11) is 1.40. The van der Waals surface area contributed by atoms with Gasteiger partial charge in [-0.2, -0.15) is 0 Å². The molecule has 1 atom stereocenters. The zero-order chi connectivity index (χ0) is 20.5. The molecule has 1 aromatic heterocycles. The number of ether oxygens (including phenoxy) is 2. The van der Waals surface area contributed by atoms with E-state index in [1.807, 2.05) is 12.1 Å². The van der Waals surface area contributed by atoms with Crippen LogP contribution in [0.1, 0.15) is 5.56 Å². The van der Waals surface area contributed by atoms with Crippen molar-refractivity contribution in [2.24, 2.45) is 5.92 Å². The molecule has 2 saturated heterocycles. The minimum atomic E-state index is -0.746. The van der Waals surface area contributed by atoms with Crippen LogP contribution >= 0.6 is 11.6 Å². The summed E-state index contributed by atoms with van der Waals surface area (Å²) in [5.41, 5.74) is 0.850. The van der Waals surface area contributed by atoms with Gasteiger partial charge in [0.2, 0.25) is 5.91 Å². The minimum absolute atomic E-state index is 0.150. The van der Waals surface area contributed by atoms with Gasteiger partial charge < -0.3 is 14.4 Å². The average molecular weight is 420 g/mol. The van der Waals surface area contributed by atoms with Crippen molar-refractivity contribution in [3.8, 4) is 5.75 Å². The molecular formula is C20H19ClFN3O4. The van der Waals surface area contributed by atoms with Crippen LogP contribution in [-0.2, 0) is 20.9 Å². The maximum Gasteiger partial charge on any atom is 0.251 e. The summed E-state index contributed by atoms with van der Waals surface area (Å²) in [6, 6.07) is 7.48. The summed E-state index contributed by atoms with van der Waals surface area (Å²) >= 11 is 5.93. The number of halogens is 2. The number of nitrogens with zero attached hydrogens (tertiary/aromatic N) is 3. The summed E-state index contributed by atoms with van der Waals surface area (Å²) in [5, 5.41) is 0.589. The van der Waals surface area contributed by atoms with Gasteiger partial charge in [0, 0.05) is 23.6 Å². The standard InChI is InChI=1S/C20H19ClFN3O4/c1-28-15-6-16(22)19(23-7-15)25-9-17(26)24(8-12-2-4-14(21)5-3-12)18(20(25)27)13-10-29-11-13/h2-7,13,18H,8-11H2,1H3/t18-/m0/s1. The molecule has 9 heteroatoms. The normalized spacial score (nSPS) is 20.0. The molecule has 2 aliphatic rings. The van der Waals surface area contributed by atoms with Crippen LogP contribution in [0.5, 0.6) is 5.75 Å². The van der Waals surface area contributed by atoms with E-state index in [0.29, 0.717) is 18.2 Å². The molecule has 0 bridgehead atoms. The van der Waals surface area contributed by atoms with Gasteiger partial charge >= 0.3 is 0 Å². The maximum atomic E-state index is 14.5. The lowest BCUT2D eigenvalue weighted by Crippen LogP contribution is -2.65. The first-order valence-corrected chi connectivity index (χ1v) is 9.48. The highest BCUT2D eigenvalue weighted by atomic mass is 35.5. The highest BCUT2D eigenvalue weighted by molar-refractivity contribution is 6.30. The monoisotopic (exact) mass is 419 g/mol. The number of carbonyl (C=O) groups excluding carboxylic acids is 2. The van der Waals surface area contributed by atoms with Crippen LogP contribution in [0.25, 0.3) is 0 Å².